The highest BCUT2D eigenvalue weighted by atomic mass is 35.5. The van der Waals surface area contributed by atoms with Gasteiger partial charge in [-0.15, -0.1) is 0 Å². The van der Waals surface area contributed by atoms with Gasteiger partial charge in [-0.05, 0) is 39.7 Å². The van der Waals surface area contributed by atoms with E-state index in [1.165, 1.54) is 0 Å². The highest BCUT2D eigenvalue weighted by molar-refractivity contribution is 6.38. The molecule has 0 aliphatic carbocycles. The van der Waals surface area contributed by atoms with Crippen LogP contribution in [0.25, 0.3) is 10.9 Å². The van der Waals surface area contributed by atoms with Crippen molar-refractivity contribution in [1.82, 2.24) is 15.2 Å². The van der Waals surface area contributed by atoms with Crippen LogP contribution in [0.4, 0.5) is 4.79 Å². The molecule has 0 bridgehead atoms. The van der Waals surface area contributed by atoms with E-state index in [1.807, 2.05) is 45.0 Å². The van der Waals surface area contributed by atoms with Crippen molar-refractivity contribution in [1.29, 1.82) is 0 Å². The highest BCUT2D eigenvalue weighted by Gasteiger charge is 2.28. The molecule has 1 saturated heterocycles. The number of amides is 2. The summed E-state index contributed by atoms with van der Waals surface area (Å²) < 4.78 is 5.28. The smallest absolute Gasteiger partial charge is 0.407 e. The summed E-state index contributed by atoms with van der Waals surface area (Å²) in [6, 6.07) is 7.59. The summed E-state index contributed by atoms with van der Waals surface area (Å²) in [6.45, 7) is 6.61. The van der Waals surface area contributed by atoms with Crippen molar-refractivity contribution < 1.29 is 14.3 Å². The lowest BCUT2D eigenvalue weighted by Crippen LogP contribution is -2.47. The number of halogens is 1. The maximum Gasteiger partial charge on any atom is 0.407 e. The maximum absolute atomic E-state index is 12.8. The van der Waals surface area contributed by atoms with Crippen LogP contribution >= 0.6 is 11.6 Å². The lowest BCUT2D eigenvalue weighted by Gasteiger charge is -2.32. The van der Waals surface area contributed by atoms with E-state index in [2.05, 4.69) is 10.3 Å². The number of rotatable bonds is 2. The van der Waals surface area contributed by atoms with Crippen molar-refractivity contribution >= 4 is 34.5 Å². The monoisotopic (exact) mass is 377 g/mol. The Balaban J connectivity index is 1.60. The van der Waals surface area contributed by atoms with Gasteiger partial charge in [-0.3, -0.25) is 4.79 Å². The number of carbonyl (C=O) groups excluding carboxylic acids is 2. The van der Waals surface area contributed by atoms with Gasteiger partial charge < -0.3 is 19.9 Å². The van der Waals surface area contributed by atoms with Crippen molar-refractivity contribution in [2.45, 2.75) is 45.3 Å². The number of hydrogen-bond donors (Lipinski definition) is 2. The van der Waals surface area contributed by atoms with Crippen molar-refractivity contribution in [2.24, 2.45) is 0 Å². The SMILES string of the molecule is CC(C)(C)OC(=O)NC1CCN(C(=O)c2[nH]c3ccccc3c2Cl)CC1. The molecule has 2 heterocycles. The minimum absolute atomic E-state index is 0.00656. The quantitative estimate of drug-likeness (QED) is 0.832. The Morgan fingerprint density at radius 3 is 2.50 bits per heavy atom. The molecular formula is C19H24ClN3O3. The largest absolute Gasteiger partial charge is 0.444 e. The van der Waals surface area contributed by atoms with Gasteiger partial charge in [0.25, 0.3) is 5.91 Å². The number of hydrogen-bond acceptors (Lipinski definition) is 3. The number of ether oxygens (including phenoxy) is 1. The van der Waals surface area contributed by atoms with E-state index in [9.17, 15) is 9.59 Å². The number of nitrogens with one attached hydrogen (secondary N) is 2. The fraction of sp³-hybridized carbons (Fsp3) is 0.474. The van der Waals surface area contributed by atoms with Crippen LogP contribution < -0.4 is 5.32 Å². The molecule has 0 spiro atoms. The second kappa shape index (κ2) is 7.19. The zero-order chi connectivity index (χ0) is 18.9. The number of aromatic nitrogens is 1. The molecule has 0 atom stereocenters. The number of alkyl carbamates (subject to hydrolysis) is 1. The first-order chi connectivity index (χ1) is 12.2. The van der Waals surface area contributed by atoms with Crippen LogP contribution in [-0.4, -0.2) is 46.6 Å². The number of piperidine rings is 1. The first-order valence-corrected chi connectivity index (χ1v) is 9.17. The maximum atomic E-state index is 12.8. The molecule has 0 saturated carbocycles. The van der Waals surface area contributed by atoms with E-state index in [-0.39, 0.29) is 11.9 Å². The second-order valence-corrected chi connectivity index (χ2v) is 7.95. The molecule has 2 N–H and O–H groups in total. The second-order valence-electron chi connectivity index (χ2n) is 7.57. The first kappa shape index (κ1) is 18.6. The van der Waals surface area contributed by atoms with E-state index >= 15 is 0 Å². The number of aromatic amines is 1. The zero-order valence-electron chi connectivity index (χ0n) is 15.3. The van der Waals surface area contributed by atoms with Gasteiger partial charge in [-0.25, -0.2) is 4.79 Å². The van der Waals surface area contributed by atoms with Crippen LogP contribution in [0.1, 0.15) is 44.1 Å². The molecule has 1 aromatic carbocycles. The Bertz CT molecular complexity index is 817. The fourth-order valence-corrected chi connectivity index (χ4v) is 3.41. The summed E-state index contributed by atoms with van der Waals surface area (Å²) in [5, 5.41) is 4.18. The molecule has 140 valence electrons. The van der Waals surface area contributed by atoms with Crippen LogP contribution in [0, 0.1) is 0 Å². The standard InChI is InChI=1S/C19H24ClN3O3/c1-19(2,3)26-18(25)21-12-8-10-23(11-9-12)17(24)16-15(20)13-6-4-5-7-14(13)22-16/h4-7,12,22H,8-11H2,1-3H3,(H,21,25). The minimum atomic E-state index is -0.521. The van der Waals surface area contributed by atoms with Crippen LogP contribution in [0.2, 0.25) is 5.02 Å². The molecule has 1 fully saturated rings. The van der Waals surface area contributed by atoms with E-state index in [0.29, 0.717) is 36.6 Å². The Labute approximate surface area is 157 Å². The Kier molecular flexibility index (Phi) is 5.14. The number of nitrogens with zero attached hydrogens (tertiary/aromatic N) is 1. The molecule has 0 radical (unpaired) electrons. The van der Waals surface area contributed by atoms with Crippen molar-refractivity contribution in [2.75, 3.05) is 13.1 Å². The van der Waals surface area contributed by atoms with Gasteiger partial charge in [0.1, 0.15) is 11.3 Å². The molecule has 1 aromatic heterocycles. The van der Waals surface area contributed by atoms with Gasteiger partial charge >= 0.3 is 6.09 Å². The summed E-state index contributed by atoms with van der Waals surface area (Å²) in [7, 11) is 0. The normalized spacial score (nSPS) is 15.9. The summed E-state index contributed by atoms with van der Waals surface area (Å²) in [6.07, 6.45) is 0.951. The molecule has 3 rings (SSSR count). The summed E-state index contributed by atoms with van der Waals surface area (Å²) in [4.78, 5) is 29.6. The molecule has 2 aromatic rings. The third-order valence-electron chi connectivity index (χ3n) is 4.36. The molecular weight excluding hydrogens is 354 g/mol. The zero-order valence-corrected chi connectivity index (χ0v) is 16.0. The minimum Gasteiger partial charge on any atom is -0.444 e. The number of likely N-dealkylation sites (tertiary alicyclic amines) is 1. The van der Waals surface area contributed by atoms with Gasteiger partial charge in [-0.2, -0.15) is 0 Å². The first-order valence-electron chi connectivity index (χ1n) is 8.79. The van der Waals surface area contributed by atoms with Gasteiger partial charge in [0, 0.05) is 30.0 Å². The van der Waals surface area contributed by atoms with Gasteiger partial charge in [-0.1, -0.05) is 29.8 Å². The predicted octanol–water partition coefficient (Wildman–Crippen LogP) is 3.95. The third kappa shape index (κ3) is 4.12. The molecule has 1 aliphatic heterocycles. The number of H-pyrrole nitrogens is 1. The average Bonchev–Trinajstić information content (AvgIpc) is 2.90. The summed E-state index contributed by atoms with van der Waals surface area (Å²) >= 11 is 6.38. The molecule has 6 nitrogen and oxygen atoms in total. The Hall–Kier alpha value is -2.21. The molecule has 2 amide bonds. The van der Waals surface area contributed by atoms with E-state index in [0.717, 1.165) is 10.9 Å². The predicted molar refractivity (Wildman–Crippen MR) is 102 cm³/mol. The van der Waals surface area contributed by atoms with E-state index < -0.39 is 11.7 Å². The molecule has 7 heteroatoms. The molecule has 26 heavy (non-hydrogen) atoms. The van der Waals surface area contributed by atoms with Crippen molar-refractivity contribution in [3.8, 4) is 0 Å². The summed E-state index contributed by atoms with van der Waals surface area (Å²) in [5.74, 6) is -0.109. The average molecular weight is 378 g/mol. The Morgan fingerprint density at radius 2 is 1.88 bits per heavy atom. The molecule has 1 aliphatic rings. The van der Waals surface area contributed by atoms with E-state index in [1.54, 1.807) is 4.90 Å². The topological polar surface area (TPSA) is 74.4 Å². The van der Waals surface area contributed by atoms with Crippen LogP contribution in [0.15, 0.2) is 24.3 Å². The number of benzene rings is 1. The van der Waals surface area contributed by atoms with Crippen LogP contribution in [0.3, 0.4) is 0 Å². The van der Waals surface area contributed by atoms with Crippen LogP contribution in [-0.2, 0) is 4.74 Å². The highest BCUT2D eigenvalue weighted by Crippen LogP contribution is 2.28. The lowest BCUT2D eigenvalue weighted by molar-refractivity contribution is 0.0473. The number of para-hydroxylation sites is 1. The van der Waals surface area contributed by atoms with Crippen LogP contribution in [0.5, 0.6) is 0 Å². The lowest BCUT2D eigenvalue weighted by atomic mass is 10.0. The number of carbonyl (C=O) groups is 2. The molecule has 0 unspecified atom stereocenters. The van der Waals surface area contributed by atoms with E-state index in [4.69, 9.17) is 16.3 Å². The Morgan fingerprint density at radius 1 is 1.23 bits per heavy atom. The fourth-order valence-electron chi connectivity index (χ4n) is 3.11. The third-order valence-corrected chi connectivity index (χ3v) is 4.75. The number of fused-ring (bicyclic) bond motifs is 1. The van der Waals surface area contributed by atoms with Gasteiger partial charge in [0.05, 0.1) is 5.02 Å². The van der Waals surface area contributed by atoms with Gasteiger partial charge in [0.2, 0.25) is 0 Å². The summed E-state index contributed by atoms with van der Waals surface area (Å²) in [5.41, 5.74) is 0.751. The van der Waals surface area contributed by atoms with Gasteiger partial charge in [0.15, 0.2) is 0 Å². The van der Waals surface area contributed by atoms with Crippen molar-refractivity contribution in [3.63, 3.8) is 0 Å². The van der Waals surface area contributed by atoms with Crippen molar-refractivity contribution in [3.05, 3.63) is 35.0 Å².